The van der Waals surface area contributed by atoms with E-state index in [4.69, 9.17) is 0 Å². The average molecular weight is 316 g/mol. The number of aryl methyl sites for hydroxylation is 2. The maximum absolute atomic E-state index is 4.56. The minimum absolute atomic E-state index is 0.516. The van der Waals surface area contributed by atoms with Gasteiger partial charge in [-0.15, -0.1) is 0 Å². The minimum Gasteiger partial charge on any atom is -0.316 e. The lowest BCUT2D eigenvalue weighted by molar-refractivity contribution is 0.364. The van der Waals surface area contributed by atoms with E-state index in [-0.39, 0.29) is 0 Å². The Morgan fingerprint density at radius 2 is 2.06 bits per heavy atom. The molecule has 1 N–H and O–H groups in total. The minimum atomic E-state index is 0.516. The lowest BCUT2D eigenvalue weighted by Gasteiger charge is -2.23. The number of halogens is 1. The van der Waals surface area contributed by atoms with Crippen LogP contribution < -0.4 is 5.32 Å². The number of aromatic nitrogens is 2. The van der Waals surface area contributed by atoms with E-state index in [1.807, 2.05) is 0 Å². The van der Waals surface area contributed by atoms with E-state index in [0.29, 0.717) is 12.0 Å². The molecule has 4 heteroatoms. The Morgan fingerprint density at radius 1 is 1.39 bits per heavy atom. The summed E-state index contributed by atoms with van der Waals surface area (Å²) < 4.78 is 3.29. The molecule has 0 aliphatic rings. The number of rotatable bonds is 7. The van der Waals surface area contributed by atoms with Gasteiger partial charge in [-0.25, -0.2) is 0 Å². The van der Waals surface area contributed by atoms with Crippen LogP contribution in [0.5, 0.6) is 0 Å². The zero-order valence-corrected chi connectivity index (χ0v) is 13.8. The molecule has 18 heavy (non-hydrogen) atoms. The summed E-state index contributed by atoms with van der Waals surface area (Å²) in [6.07, 6.45) is 3.54. The van der Waals surface area contributed by atoms with E-state index < -0.39 is 0 Å². The highest BCUT2D eigenvalue weighted by molar-refractivity contribution is 9.10. The van der Waals surface area contributed by atoms with Crippen LogP contribution in [0.25, 0.3) is 0 Å². The van der Waals surface area contributed by atoms with Crippen molar-refractivity contribution < 1.29 is 0 Å². The monoisotopic (exact) mass is 315 g/mol. The van der Waals surface area contributed by atoms with Gasteiger partial charge < -0.3 is 5.32 Å². The third kappa shape index (κ3) is 3.58. The van der Waals surface area contributed by atoms with Gasteiger partial charge in [-0.05, 0) is 49.2 Å². The van der Waals surface area contributed by atoms with Crippen molar-refractivity contribution in [3.63, 3.8) is 0 Å². The van der Waals surface area contributed by atoms with Crippen LogP contribution in [0.15, 0.2) is 4.47 Å². The fourth-order valence-corrected chi connectivity index (χ4v) is 2.96. The number of hydrogen-bond donors (Lipinski definition) is 1. The summed E-state index contributed by atoms with van der Waals surface area (Å²) in [6.45, 7) is 9.72. The zero-order valence-electron chi connectivity index (χ0n) is 12.3. The van der Waals surface area contributed by atoms with E-state index in [1.54, 1.807) is 0 Å². The van der Waals surface area contributed by atoms with Gasteiger partial charge in [-0.1, -0.05) is 20.3 Å². The van der Waals surface area contributed by atoms with Crippen molar-refractivity contribution in [1.82, 2.24) is 15.1 Å². The predicted octanol–water partition coefficient (Wildman–Crippen LogP) is 3.54. The Morgan fingerprint density at radius 3 is 2.56 bits per heavy atom. The summed E-state index contributed by atoms with van der Waals surface area (Å²) in [5.74, 6) is 0.687. The Balaban J connectivity index is 2.87. The van der Waals surface area contributed by atoms with Crippen molar-refractivity contribution in [3.8, 4) is 0 Å². The van der Waals surface area contributed by atoms with E-state index in [9.17, 15) is 0 Å². The molecule has 0 saturated carbocycles. The molecule has 0 aromatic carbocycles. The van der Waals surface area contributed by atoms with E-state index in [1.165, 1.54) is 23.0 Å². The molecule has 104 valence electrons. The van der Waals surface area contributed by atoms with E-state index >= 15 is 0 Å². The Hall–Kier alpha value is -0.350. The molecule has 0 bridgehead atoms. The lowest BCUT2D eigenvalue weighted by atomic mass is 9.93. The van der Waals surface area contributed by atoms with Crippen molar-refractivity contribution >= 4 is 15.9 Å². The van der Waals surface area contributed by atoms with E-state index in [0.717, 1.165) is 18.7 Å². The molecule has 2 unspecified atom stereocenters. The molecule has 0 radical (unpaired) electrons. The highest BCUT2D eigenvalue weighted by atomic mass is 79.9. The van der Waals surface area contributed by atoms with Crippen molar-refractivity contribution in [1.29, 1.82) is 0 Å². The molecule has 0 spiro atoms. The van der Waals surface area contributed by atoms with Gasteiger partial charge in [0, 0.05) is 19.0 Å². The quantitative estimate of drug-likeness (QED) is 0.834. The maximum atomic E-state index is 4.56. The van der Waals surface area contributed by atoms with Gasteiger partial charge >= 0.3 is 0 Å². The highest BCUT2D eigenvalue weighted by Crippen LogP contribution is 2.24. The molecule has 1 rings (SSSR count). The van der Waals surface area contributed by atoms with Crippen LogP contribution in [0.3, 0.4) is 0 Å². The van der Waals surface area contributed by atoms with Crippen LogP contribution in [0, 0.1) is 12.8 Å². The predicted molar refractivity (Wildman–Crippen MR) is 81.0 cm³/mol. The molecular weight excluding hydrogens is 290 g/mol. The van der Waals surface area contributed by atoms with Crippen LogP contribution in [0.2, 0.25) is 0 Å². The number of hydrogen-bond acceptors (Lipinski definition) is 2. The molecule has 1 aromatic heterocycles. The first-order valence-corrected chi connectivity index (χ1v) is 7.73. The standard InChI is InChI=1S/C14H26BrN3/c1-6-8-10(3)12(16-5)9-13-14(15)11(4)17-18(13)7-2/h10,12,16H,6-9H2,1-5H3. The summed E-state index contributed by atoms with van der Waals surface area (Å²) >= 11 is 3.68. The third-order valence-electron chi connectivity index (χ3n) is 3.67. The fraction of sp³-hybridized carbons (Fsp3) is 0.786. The van der Waals surface area contributed by atoms with Crippen LogP contribution in [0.4, 0.5) is 0 Å². The van der Waals surface area contributed by atoms with Crippen LogP contribution in [-0.4, -0.2) is 22.9 Å². The van der Waals surface area contributed by atoms with Crippen LogP contribution in [-0.2, 0) is 13.0 Å². The molecule has 1 aromatic rings. The SMILES string of the molecule is CCCC(C)C(Cc1c(Br)c(C)nn1CC)NC. The largest absolute Gasteiger partial charge is 0.316 e. The van der Waals surface area contributed by atoms with Gasteiger partial charge in [0.15, 0.2) is 0 Å². The number of likely N-dealkylation sites (N-methyl/N-ethyl adjacent to an activating group) is 1. The van der Waals surface area contributed by atoms with Gasteiger partial charge in [0.25, 0.3) is 0 Å². The van der Waals surface area contributed by atoms with Crippen molar-refractivity contribution in [3.05, 3.63) is 15.9 Å². The molecule has 0 aliphatic heterocycles. The smallest absolute Gasteiger partial charge is 0.0738 e. The number of nitrogens with zero attached hydrogens (tertiary/aromatic N) is 2. The fourth-order valence-electron chi connectivity index (χ4n) is 2.52. The summed E-state index contributed by atoms with van der Waals surface area (Å²) in [6, 6.07) is 0.516. The molecule has 0 aliphatic carbocycles. The van der Waals surface area contributed by atoms with Crippen molar-refractivity contribution in [2.75, 3.05) is 7.05 Å². The Labute approximate surface area is 119 Å². The second-order valence-electron chi connectivity index (χ2n) is 5.03. The molecule has 2 atom stereocenters. The Kier molecular flexibility index (Phi) is 6.36. The van der Waals surface area contributed by atoms with Gasteiger partial charge in [-0.2, -0.15) is 5.10 Å². The first-order chi connectivity index (χ1) is 8.54. The van der Waals surface area contributed by atoms with Gasteiger partial charge in [0.2, 0.25) is 0 Å². The van der Waals surface area contributed by atoms with Gasteiger partial charge in [0.05, 0.1) is 15.9 Å². The van der Waals surface area contributed by atoms with Crippen LogP contribution >= 0.6 is 15.9 Å². The normalized spacial score (nSPS) is 14.8. The second kappa shape index (κ2) is 7.29. The lowest BCUT2D eigenvalue weighted by Crippen LogP contribution is -2.35. The summed E-state index contributed by atoms with van der Waals surface area (Å²) in [7, 11) is 2.06. The number of nitrogens with one attached hydrogen (secondary N) is 1. The maximum Gasteiger partial charge on any atom is 0.0738 e. The molecule has 0 fully saturated rings. The van der Waals surface area contributed by atoms with Crippen molar-refractivity contribution in [2.24, 2.45) is 5.92 Å². The second-order valence-corrected chi connectivity index (χ2v) is 5.82. The zero-order chi connectivity index (χ0) is 13.7. The highest BCUT2D eigenvalue weighted by Gasteiger charge is 2.20. The topological polar surface area (TPSA) is 29.9 Å². The Bertz CT molecular complexity index is 373. The molecule has 3 nitrogen and oxygen atoms in total. The van der Waals surface area contributed by atoms with Gasteiger partial charge in [0.1, 0.15) is 0 Å². The summed E-state index contributed by atoms with van der Waals surface area (Å²) in [5, 5.41) is 8.02. The third-order valence-corrected chi connectivity index (χ3v) is 4.70. The molecular formula is C14H26BrN3. The first-order valence-electron chi connectivity index (χ1n) is 6.94. The van der Waals surface area contributed by atoms with Gasteiger partial charge in [-0.3, -0.25) is 4.68 Å². The molecule has 1 heterocycles. The summed E-state index contributed by atoms with van der Waals surface area (Å²) in [5.41, 5.74) is 2.40. The molecule has 0 amide bonds. The first kappa shape index (κ1) is 15.7. The molecule has 0 saturated heterocycles. The van der Waals surface area contributed by atoms with E-state index in [2.05, 4.69) is 65.8 Å². The van der Waals surface area contributed by atoms with Crippen molar-refractivity contribution in [2.45, 2.75) is 59.5 Å². The average Bonchev–Trinajstić information content (AvgIpc) is 2.62. The summed E-state index contributed by atoms with van der Waals surface area (Å²) in [4.78, 5) is 0. The van der Waals surface area contributed by atoms with Crippen LogP contribution in [0.1, 0.15) is 45.0 Å².